The van der Waals surface area contributed by atoms with Gasteiger partial charge < -0.3 is 15.5 Å². The molecule has 0 saturated heterocycles. The Bertz CT molecular complexity index is 757. The molecule has 2 aromatic carbocycles. The Balaban J connectivity index is 1.83. The van der Waals surface area contributed by atoms with E-state index < -0.39 is 0 Å². The number of aryl methyl sites for hydroxylation is 2. The topological polar surface area (TPSA) is 62.6 Å². The monoisotopic (exact) mass is 394 g/mol. The first-order chi connectivity index (χ1) is 12.2. The summed E-state index contributed by atoms with van der Waals surface area (Å²) in [5.41, 5.74) is 3.61. The Morgan fingerprint density at radius 3 is 1.92 bits per heavy atom. The summed E-state index contributed by atoms with van der Waals surface area (Å²) in [6.45, 7) is 4.35. The minimum absolute atomic E-state index is 0.145. The molecule has 2 aromatic rings. The molecule has 2 amide bonds. The summed E-state index contributed by atoms with van der Waals surface area (Å²) in [6, 6.07) is 10.6. The number of likely N-dealkylation sites (N-methyl/N-ethyl adjacent to an activating group) is 1. The molecule has 0 heterocycles. The number of hydrogen-bond acceptors (Lipinski definition) is 2. The van der Waals surface area contributed by atoms with Crippen LogP contribution in [0.4, 0.5) is 11.4 Å². The summed E-state index contributed by atoms with van der Waals surface area (Å²) in [5.74, 6) is -0.354. The molecule has 2 rings (SSSR count). The Morgan fingerprint density at radius 1 is 0.846 bits per heavy atom. The highest BCUT2D eigenvalue weighted by Crippen LogP contribution is 2.24. The summed E-state index contributed by atoms with van der Waals surface area (Å²) >= 11 is 11.8. The number of benzene rings is 2. The SMILES string of the molecule is Cc1ccc(NC(=O)C[NH+](C)CC(=O)Nc2ccc(Cl)c(Cl)c2)cc1C. The highest BCUT2D eigenvalue weighted by atomic mass is 35.5. The van der Waals surface area contributed by atoms with Crippen molar-refractivity contribution in [2.75, 3.05) is 30.8 Å². The Labute approximate surface area is 163 Å². The van der Waals surface area contributed by atoms with Crippen molar-refractivity contribution in [3.05, 3.63) is 57.6 Å². The standard InChI is InChI=1S/C19H21Cl2N3O2/c1-12-4-5-14(8-13(12)2)22-18(25)10-24(3)11-19(26)23-15-6-7-16(20)17(21)9-15/h4-9H,10-11H2,1-3H3,(H,22,25)(H,23,26)/p+1. The predicted octanol–water partition coefficient (Wildman–Crippen LogP) is 2.70. The summed E-state index contributed by atoms with van der Waals surface area (Å²) in [4.78, 5) is 25.0. The van der Waals surface area contributed by atoms with E-state index in [-0.39, 0.29) is 24.9 Å². The lowest BCUT2D eigenvalue weighted by Gasteiger charge is -2.14. The molecule has 7 heteroatoms. The first-order valence-electron chi connectivity index (χ1n) is 8.18. The minimum Gasteiger partial charge on any atom is -0.322 e. The van der Waals surface area contributed by atoms with Crippen LogP contribution in [0.25, 0.3) is 0 Å². The van der Waals surface area contributed by atoms with Gasteiger partial charge in [0.2, 0.25) is 0 Å². The van der Waals surface area contributed by atoms with Crippen molar-refractivity contribution in [1.29, 1.82) is 0 Å². The number of quaternary nitrogens is 1. The molecule has 5 nitrogen and oxygen atoms in total. The zero-order valence-electron chi connectivity index (χ0n) is 15.0. The van der Waals surface area contributed by atoms with E-state index in [1.807, 2.05) is 32.0 Å². The highest BCUT2D eigenvalue weighted by molar-refractivity contribution is 6.42. The second-order valence-electron chi connectivity index (χ2n) is 6.33. The zero-order valence-corrected chi connectivity index (χ0v) is 16.5. The molecule has 0 aromatic heterocycles. The van der Waals surface area contributed by atoms with Crippen LogP contribution < -0.4 is 15.5 Å². The average molecular weight is 395 g/mol. The molecule has 1 atom stereocenters. The fourth-order valence-electron chi connectivity index (χ4n) is 2.41. The lowest BCUT2D eigenvalue weighted by molar-refractivity contribution is -0.862. The van der Waals surface area contributed by atoms with Crippen LogP contribution in [0.2, 0.25) is 10.0 Å². The predicted molar refractivity (Wildman–Crippen MR) is 106 cm³/mol. The van der Waals surface area contributed by atoms with Gasteiger partial charge in [-0.3, -0.25) is 9.59 Å². The van der Waals surface area contributed by atoms with Gasteiger partial charge in [0.15, 0.2) is 13.1 Å². The van der Waals surface area contributed by atoms with Gasteiger partial charge in [-0.1, -0.05) is 29.3 Å². The molecular weight excluding hydrogens is 373 g/mol. The maximum Gasteiger partial charge on any atom is 0.279 e. The van der Waals surface area contributed by atoms with Crippen molar-refractivity contribution >= 4 is 46.4 Å². The van der Waals surface area contributed by atoms with Crippen LogP contribution in [0.5, 0.6) is 0 Å². The van der Waals surface area contributed by atoms with Gasteiger partial charge in [-0.2, -0.15) is 0 Å². The average Bonchev–Trinajstić information content (AvgIpc) is 2.54. The van der Waals surface area contributed by atoms with Crippen molar-refractivity contribution in [3.8, 4) is 0 Å². The van der Waals surface area contributed by atoms with E-state index in [0.717, 1.165) is 16.2 Å². The zero-order chi connectivity index (χ0) is 19.3. The number of amides is 2. The van der Waals surface area contributed by atoms with Crippen LogP contribution in [0.15, 0.2) is 36.4 Å². The lowest BCUT2D eigenvalue weighted by atomic mass is 10.1. The molecule has 26 heavy (non-hydrogen) atoms. The third-order valence-electron chi connectivity index (χ3n) is 3.92. The van der Waals surface area contributed by atoms with Gasteiger partial charge in [0, 0.05) is 11.4 Å². The lowest BCUT2D eigenvalue weighted by Crippen LogP contribution is -3.11. The number of anilines is 2. The normalized spacial score (nSPS) is 11.7. The second kappa shape index (κ2) is 9.03. The van der Waals surface area contributed by atoms with Crippen molar-refractivity contribution < 1.29 is 14.5 Å². The van der Waals surface area contributed by atoms with Gasteiger partial charge in [0.1, 0.15) is 0 Å². The maximum absolute atomic E-state index is 12.1. The molecule has 1 unspecified atom stereocenters. The van der Waals surface area contributed by atoms with Crippen LogP contribution in [-0.4, -0.2) is 32.0 Å². The van der Waals surface area contributed by atoms with Crippen LogP contribution >= 0.6 is 23.2 Å². The number of nitrogens with one attached hydrogen (secondary N) is 3. The first-order valence-corrected chi connectivity index (χ1v) is 8.93. The highest BCUT2D eigenvalue weighted by Gasteiger charge is 2.15. The van der Waals surface area contributed by atoms with E-state index in [9.17, 15) is 9.59 Å². The fraction of sp³-hybridized carbons (Fsp3) is 0.263. The van der Waals surface area contributed by atoms with Crippen molar-refractivity contribution in [1.82, 2.24) is 0 Å². The fourth-order valence-corrected chi connectivity index (χ4v) is 2.71. The Hall–Kier alpha value is -2.08. The van der Waals surface area contributed by atoms with Gasteiger partial charge in [-0.25, -0.2) is 0 Å². The molecule has 0 spiro atoms. The van der Waals surface area contributed by atoms with Gasteiger partial charge >= 0.3 is 0 Å². The van der Waals surface area contributed by atoms with E-state index in [0.29, 0.717) is 15.7 Å². The number of carbonyl (C=O) groups excluding carboxylic acids is 2. The van der Waals surface area contributed by atoms with Gasteiger partial charge in [0.25, 0.3) is 11.8 Å². The molecule has 0 bridgehead atoms. The van der Waals surface area contributed by atoms with E-state index >= 15 is 0 Å². The van der Waals surface area contributed by atoms with E-state index in [1.165, 1.54) is 5.56 Å². The van der Waals surface area contributed by atoms with Crippen molar-refractivity contribution in [2.45, 2.75) is 13.8 Å². The molecular formula is C19H22Cl2N3O2+. The van der Waals surface area contributed by atoms with Crippen LogP contribution in [0.1, 0.15) is 11.1 Å². The number of halogens is 2. The van der Waals surface area contributed by atoms with Crippen LogP contribution in [0, 0.1) is 13.8 Å². The summed E-state index contributed by atoms with van der Waals surface area (Å²) in [6.07, 6.45) is 0. The number of carbonyl (C=O) groups is 2. The summed E-state index contributed by atoms with van der Waals surface area (Å²) < 4.78 is 0. The van der Waals surface area contributed by atoms with Gasteiger partial charge in [-0.15, -0.1) is 0 Å². The quantitative estimate of drug-likeness (QED) is 0.705. The van der Waals surface area contributed by atoms with Gasteiger partial charge in [-0.05, 0) is 55.3 Å². The van der Waals surface area contributed by atoms with Gasteiger partial charge in [0.05, 0.1) is 17.1 Å². The summed E-state index contributed by atoms with van der Waals surface area (Å²) in [7, 11) is 1.79. The maximum atomic E-state index is 12.1. The Kier molecular flexibility index (Phi) is 7.03. The van der Waals surface area contributed by atoms with E-state index in [2.05, 4.69) is 10.6 Å². The number of hydrogen-bond donors (Lipinski definition) is 3. The van der Waals surface area contributed by atoms with Crippen molar-refractivity contribution in [2.24, 2.45) is 0 Å². The molecule has 0 aliphatic rings. The molecule has 0 aliphatic heterocycles. The largest absolute Gasteiger partial charge is 0.322 e. The molecule has 0 radical (unpaired) electrons. The first kappa shape index (κ1) is 20.2. The van der Waals surface area contributed by atoms with E-state index in [1.54, 1.807) is 25.2 Å². The van der Waals surface area contributed by atoms with Crippen LogP contribution in [-0.2, 0) is 9.59 Å². The molecule has 0 saturated carbocycles. The molecule has 3 N–H and O–H groups in total. The third kappa shape index (κ3) is 6.02. The molecule has 0 fully saturated rings. The summed E-state index contributed by atoms with van der Waals surface area (Å²) in [5, 5.41) is 6.40. The third-order valence-corrected chi connectivity index (χ3v) is 4.66. The van der Waals surface area contributed by atoms with E-state index in [4.69, 9.17) is 23.2 Å². The molecule has 0 aliphatic carbocycles. The molecule has 138 valence electrons. The van der Waals surface area contributed by atoms with Crippen molar-refractivity contribution in [3.63, 3.8) is 0 Å². The van der Waals surface area contributed by atoms with Crippen LogP contribution in [0.3, 0.4) is 0 Å². The minimum atomic E-state index is -0.208. The smallest absolute Gasteiger partial charge is 0.279 e. The Morgan fingerprint density at radius 2 is 1.38 bits per heavy atom. The number of rotatable bonds is 6. The second-order valence-corrected chi connectivity index (χ2v) is 7.15.